The number of aryl methyl sites for hydroxylation is 1. The molecule has 0 saturated carbocycles. The van der Waals surface area contributed by atoms with Crippen molar-refractivity contribution in [1.29, 1.82) is 0 Å². The van der Waals surface area contributed by atoms with Gasteiger partial charge in [-0.15, -0.1) is 0 Å². The Kier molecular flexibility index (Phi) is 3.92. The Morgan fingerprint density at radius 3 is 2.89 bits per heavy atom. The maximum atomic E-state index is 11.5. The lowest BCUT2D eigenvalue weighted by atomic mass is 9.93. The van der Waals surface area contributed by atoms with E-state index in [0.717, 1.165) is 19.4 Å². The second-order valence-corrected chi connectivity index (χ2v) is 4.21. The molecule has 0 radical (unpaired) electrons. The molecule has 0 unspecified atom stereocenters. The molecular formula is C15H17NO2. The molecular weight excluding hydrogens is 226 g/mol. The zero-order chi connectivity index (χ0) is 13.0. The number of allylic oxidation sites excluding steroid dienone is 1. The van der Waals surface area contributed by atoms with Gasteiger partial charge in [0.25, 0.3) is 0 Å². The summed E-state index contributed by atoms with van der Waals surface area (Å²) in [7, 11) is 1.40. The fourth-order valence-corrected chi connectivity index (χ4v) is 2.15. The van der Waals surface area contributed by atoms with Crippen molar-refractivity contribution < 1.29 is 9.53 Å². The van der Waals surface area contributed by atoms with Crippen LogP contribution in [-0.2, 0) is 11.2 Å². The minimum absolute atomic E-state index is 0.282. The van der Waals surface area contributed by atoms with Crippen molar-refractivity contribution in [2.75, 3.05) is 13.7 Å². The van der Waals surface area contributed by atoms with Crippen LogP contribution in [0.4, 0.5) is 0 Å². The Balaban J connectivity index is 2.40. The molecule has 1 heterocycles. The van der Waals surface area contributed by atoms with Crippen molar-refractivity contribution in [3.8, 4) is 0 Å². The highest BCUT2D eigenvalue weighted by atomic mass is 16.5. The van der Waals surface area contributed by atoms with Gasteiger partial charge in [-0.25, -0.2) is 4.79 Å². The van der Waals surface area contributed by atoms with E-state index in [1.54, 1.807) is 0 Å². The smallest absolute Gasteiger partial charge is 0.337 e. The summed E-state index contributed by atoms with van der Waals surface area (Å²) in [6.45, 7) is 2.94. The summed E-state index contributed by atoms with van der Waals surface area (Å²) in [5.74, 6) is -0.282. The topological polar surface area (TPSA) is 38.7 Å². The minimum atomic E-state index is -0.282. The van der Waals surface area contributed by atoms with Crippen molar-refractivity contribution in [1.82, 2.24) is 0 Å². The summed E-state index contributed by atoms with van der Waals surface area (Å²) in [4.78, 5) is 15.7. The van der Waals surface area contributed by atoms with Crippen LogP contribution >= 0.6 is 0 Å². The van der Waals surface area contributed by atoms with Gasteiger partial charge in [-0.2, -0.15) is 0 Å². The molecule has 0 aliphatic carbocycles. The number of aliphatic imine (C=N–C) groups is 1. The molecule has 18 heavy (non-hydrogen) atoms. The quantitative estimate of drug-likeness (QED) is 0.766. The zero-order valence-electron chi connectivity index (χ0n) is 10.8. The lowest BCUT2D eigenvalue weighted by Gasteiger charge is -2.14. The molecule has 3 nitrogen and oxygen atoms in total. The number of hydrogen-bond acceptors (Lipinski definition) is 3. The monoisotopic (exact) mass is 243 g/mol. The molecule has 0 spiro atoms. The number of hydrogen-bond donors (Lipinski definition) is 0. The largest absolute Gasteiger partial charge is 0.465 e. The summed E-state index contributed by atoms with van der Waals surface area (Å²) >= 11 is 0. The number of rotatable bonds is 3. The van der Waals surface area contributed by atoms with Gasteiger partial charge < -0.3 is 4.74 Å². The Bertz CT molecular complexity index is 515. The Labute approximate surface area is 107 Å². The molecule has 0 aromatic heterocycles. The normalized spacial score (nSPS) is 14.2. The summed E-state index contributed by atoms with van der Waals surface area (Å²) < 4.78 is 4.75. The van der Waals surface area contributed by atoms with Gasteiger partial charge in [0.1, 0.15) is 0 Å². The van der Waals surface area contributed by atoms with Crippen molar-refractivity contribution >= 4 is 17.8 Å². The first kappa shape index (κ1) is 12.6. The molecule has 1 aliphatic heterocycles. The Morgan fingerprint density at radius 2 is 2.28 bits per heavy atom. The predicted octanol–water partition coefficient (Wildman–Crippen LogP) is 2.89. The van der Waals surface area contributed by atoms with Crippen molar-refractivity contribution in [3.63, 3.8) is 0 Å². The van der Waals surface area contributed by atoms with Gasteiger partial charge in [0.2, 0.25) is 0 Å². The van der Waals surface area contributed by atoms with Crippen LogP contribution in [0, 0.1) is 0 Å². The van der Waals surface area contributed by atoms with Crippen molar-refractivity contribution in [3.05, 3.63) is 41.0 Å². The van der Waals surface area contributed by atoms with Gasteiger partial charge >= 0.3 is 5.97 Å². The molecule has 1 aromatic carbocycles. The molecule has 0 amide bonds. The van der Waals surface area contributed by atoms with E-state index in [1.165, 1.54) is 23.8 Å². The van der Waals surface area contributed by atoms with Crippen LogP contribution in [0.2, 0.25) is 0 Å². The third kappa shape index (κ3) is 2.50. The van der Waals surface area contributed by atoms with Crippen LogP contribution in [0.1, 0.15) is 34.8 Å². The average molecular weight is 243 g/mol. The van der Waals surface area contributed by atoms with Gasteiger partial charge in [0.05, 0.1) is 12.7 Å². The zero-order valence-corrected chi connectivity index (χ0v) is 10.8. The number of ether oxygens (including phenoxy) is 1. The van der Waals surface area contributed by atoms with Gasteiger partial charge in [0, 0.05) is 12.8 Å². The third-order valence-corrected chi connectivity index (χ3v) is 3.14. The first-order valence-corrected chi connectivity index (χ1v) is 6.17. The van der Waals surface area contributed by atoms with Gasteiger partial charge in [-0.3, -0.25) is 4.99 Å². The van der Waals surface area contributed by atoms with E-state index < -0.39 is 0 Å². The van der Waals surface area contributed by atoms with Crippen LogP contribution in [-0.4, -0.2) is 25.8 Å². The number of dihydropyridines is 1. The predicted molar refractivity (Wildman–Crippen MR) is 73.1 cm³/mol. The fraction of sp³-hybridized carbons (Fsp3) is 0.333. The van der Waals surface area contributed by atoms with E-state index in [0.29, 0.717) is 5.56 Å². The SMILES string of the molecule is CCc1cc(C(=O)OC)ccc1C1=CC=NCC1. The molecule has 3 heteroatoms. The number of methoxy groups -OCH3 is 1. The first-order valence-electron chi connectivity index (χ1n) is 6.17. The minimum Gasteiger partial charge on any atom is -0.465 e. The summed E-state index contributed by atoms with van der Waals surface area (Å²) in [6.07, 6.45) is 5.76. The van der Waals surface area contributed by atoms with Crippen LogP contribution in [0.5, 0.6) is 0 Å². The van der Waals surface area contributed by atoms with E-state index in [2.05, 4.69) is 18.0 Å². The number of carbonyl (C=O) groups is 1. The molecule has 0 saturated heterocycles. The number of nitrogens with zero attached hydrogens (tertiary/aromatic N) is 1. The molecule has 1 aromatic rings. The number of carbonyl (C=O) groups excluding carboxylic acids is 1. The van der Waals surface area contributed by atoms with Crippen LogP contribution in [0.15, 0.2) is 29.3 Å². The van der Waals surface area contributed by atoms with Gasteiger partial charge in [-0.05, 0) is 47.8 Å². The standard InChI is InChI=1S/C15H17NO2/c1-3-11-10-13(15(17)18-2)4-5-14(11)12-6-8-16-9-7-12/h4-6,8,10H,3,7,9H2,1-2H3. The molecule has 0 fully saturated rings. The van der Waals surface area contributed by atoms with Crippen molar-refractivity contribution in [2.45, 2.75) is 19.8 Å². The van der Waals surface area contributed by atoms with E-state index in [-0.39, 0.29) is 5.97 Å². The van der Waals surface area contributed by atoms with Crippen molar-refractivity contribution in [2.24, 2.45) is 4.99 Å². The summed E-state index contributed by atoms with van der Waals surface area (Å²) in [5, 5.41) is 0. The number of esters is 1. The average Bonchev–Trinajstić information content (AvgIpc) is 2.46. The van der Waals surface area contributed by atoms with E-state index >= 15 is 0 Å². The van der Waals surface area contributed by atoms with Crippen LogP contribution in [0.3, 0.4) is 0 Å². The van der Waals surface area contributed by atoms with E-state index in [4.69, 9.17) is 4.74 Å². The second-order valence-electron chi connectivity index (χ2n) is 4.21. The van der Waals surface area contributed by atoms with Crippen LogP contribution in [0.25, 0.3) is 5.57 Å². The number of benzene rings is 1. The third-order valence-electron chi connectivity index (χ3n) is 3.14. The molecule has 2 rings (SSSR count). The first-order chi connectivity index (χ1) is 8.76. The van der Waals surface area contributed by atoms with E-state index in [1.807, 2.05) is 24.4 Å². The molecule has 1 aliphatic rings. The second kappa shape index (κ2) is 5.63. The molecule has 0 atom stereocenters. The highest BCUT2D eigenvalue weighted by molar-refractivity contribution is 5.91. The summed E-state index contributed by atoms with van der Waals surface area (Å²) in [6, 6.07) is 5.76. The molecule has 0 bridgehead atoms. The lowest BCUT2D eigenvalue weighted by Crippen LogP contribution is -2.04. The Morgan fingerprint density at radius 1 is 1.44 bits per heavy atom. The molecule has 94 valence electrons. The van der Waals surface area contributed by atoms with Gasteiger partial charge in [0.15, 0.2) is 0 Å². The summed E-state index contributed by atoms with van der Waals surface area (Å²) in [5.41, 5.74) is 4.30. The lowest BCUT2D eigenvalue weighted by molar-refractivity contribution is 0.0600. The fourth-order valence-electron chi connectivity index (χ4n) is 2.15. The van der Waals surface area contributed by atoms with E-state index in [9.17, 15) is 4.79 Å². The van der Waals surface area contributed by atoms with Gasteiger partial charge in [-0.1, -0.05) is 13.0 Å². The van der Waals surface area contributed by atoms with Crippen LogP contribution < -0.4 is 0 Å². The maximum absolute atomic E-state index is 11.5. The highest BCUT2D eigenvalue weighted by Gasteiger charge is 2.12. The highest BCUT2D eigenvalue weighted by Crippen LogP contribution is 2.25. The Hall–Kier alpha value is -1.90. The maximum Gasteiger partial charge on any atom is 0.337 e. The molecule has 0 N–H and O–H groups in total.